The number of ether oxygens (including phenoxy) is 1. The molecule has 0 aliphatic carbocycles. The maximum Gasteiger partial charge on any atom is 0.573 e. The Morgan fingerprint density at radius 3 is 2.36 bits per heavy atom. The van der Waals surface area contributed by atoms with Gasteiger partial charge >= 0.3 is 6.36 Å². The molecule has 6 heteroatoms. The van der Waals surface area contributed by atoms with Crippen LogP contribution in [0.5, 0.6) is 5.75 Å². The smallest absolute Gasteiger partial charge is 0.403 e. The summed E-state index contributed by atoms with van der Waals surface area (Å²) in [5, 5.41) is 0. The van der Waals surface area contributed by atoms with Crippen molar-refractivity contribution >= 4 is 0 Å². The van der Waals surface area contributed by atoms with Gasteiger partial charge in [-0.1, -0.05) is 12.1 Å². The zero-order valence-corrected chi connectivity index (χ0v) is 6.74. The van der Waals surface area contributed by atoms with E-state index in [0.717, 1.165) is 18.2 Å². The monoisotopic (exact) mass is 212 g/mol. The third kappa shape index (κ3) is 2.58. The zero-order valence-electron chi connectivity index (χ0n) is 6.74. The molecule has 1 aromatic carbocycles. The number of alkyl halides is 4. The number of rotatable bonds is 2. The lowest BCUT2D eigenvalue weighted by Gasteiger charge is -2.10. The molecule has 0 heterocycles. The summed E-state index contributed by atoms with van der Waals surface area (Å²) in [5.41, 5.74) is -0.466. The third-order valence-electron chi connectivity index (χ3n) is 1.41. The van der Waals surface area contributed by atoms with Crippen molar-refractivity contribution in [2.45, 2.75) is 13.0 Å². The molecule has 14 heavy (non-hydrogen) atoms. The first kappa shape index (κ1) is 10.7. The molecule has 0 bridgehead atoms. The largest absolute Gasteiger partial charge is 0.573 e. The third-order valence-corrected chi connectivity index (χ3v) is 1.41. The van der Waals surface area contributed by atoms with Crippen LogP contribution in [0.2, 0.25) is 0 Å². The standard InChI is InChI=1S/C8H5F5O/c9-4-5-2-1-3-6(7(5)10)14-8(11,12)13/h1-3H,4H2. The van der Waals surface area contributed by atoms with Crippen LogP contribution in [0.1, 0.15) is 5.56 Å². The molecule has 1 aromatic rings. The molecular formula is C8H5F5O. The summed E-state index contributed by atoms with van der Waals surface area (Å²) in [6, 6.07) is 2.90. The van der Waals surface area contributed by atoms with Gasteiger partial charge in [0.05, 0.1) is 0 Å². The van der Waals surface area contributed by atoms with E-state index < -0.39 is 30.2 Å². The van der Waals surface area contributed by atoms with Crippen LogP contribution in [0.3, 0.4) is 0 Å². The van der Waals surface area contributed by atoms with Gasteiger partial charge in [-0.25, -0.2) is 8.78 Å². The van der Waals surface area contributed by atoms with Crippen molar-refractivity contribution < 1.29 is 26.7 Å². The van der Waals surface area contributed by atoms with Crippen molar-refractivity contribution in [2.24, 2.45) is 0 Å². The van der Waals surface area contributed by atoms with Crippen LogP contribution in [0.4, 0.5) is 22.0 Å². The van der Waals surface area contributed by atoms with Crippen LogP contribution in [-0.2, 0) is 6.67 Å². The van der Waals surface area contributed by atoms with Gasteiger partial charge in [0.25, 0.3) is 0 Å². The molecule has 0 saturated heterocycles. The molecule has 0 spiro atoms. The SMILES string of the molecule is FCc1cccc(OC(F)(F)F)c1F. The van der Waals surface area contributed by atoms with Crippen molar-refractivity contribution in [2.75, 3.05) is 0 Å². The fourth-order valence-corrected chi connectivity index (χ4v) is 0.863. The van der Waals surface area contributed by atoms with Gasteiger partial charge in [-0.2, -0.15) is 0 Å². The van der Waals surface area contributed by atoms with E-state index in [2.05, 4.69) is 4.74 Å². The van der Waals surface area contributed by atoms with E-state index in [1.54, 1.807) is 0 Å². The summed E-state index contributed by atoms with van der Waals surface area (Å²) in [6.07, 6.45) is -4.98. The van der Waals surface area contributed by atoms with Crippen molar-refractivity contribution in [1.29, 1.82) is 0 Å². The van der Waals surface area contributed by atoms with Gasteiger partial charge in [-0.05, 0) is 6.07 Å². The maximum atomic E-state index is 12.9. The van der Waals surface area contributed by atoms with E-state index in [4.69, 9.17) is 0 Å². The first-order valence-corrected chi connectivity index (χ1v) is 3.53. The lowest BCUT2D eigenvalue weighted by Crippen LogP contribution is -2.18. The van der Waals surface area contributed by atoms with Crippen molar-refractivity contribution in [3.63, 3.8) is 0 Å². The van der Waals surface area contributed by atoms with Gasteiger partial charge in [0.15, 0.2) is 11.6 Å². The minimum Gasteiger partial charge on any atom is -0.403 e. The van der Waals surface area contributed by atoms with Gasteiger partial charge in [0, 0.05) is 5.56 Å². The molecule has 0 amide bonds. The van der Waals surface area contributed by atoms with Crippen LogP contribution >= 0.6 is 0 Å². The molecule has 0 atom stereocenters. The topological polar surface area (TPSA) is 9.23 Å². The van der Waals surface area contributed by atoms with Crippen LogP contribution in [-0.4, -0.2) is 6.36 Å². The highest BCUT2D eigenvalue weighted by atomic mass is 19.4. The molecule has 0 aromatic heterocycles. The second-order valence-corrected chi connectivity index (χ2v) is 2.41. The van der Waals surface area contributed by atoms with E-state index in [-0.39, 0.29) is 0 Å². The molecule has 0 N–H and O–H groups in total. The molecule has 0 aliphatic heterocycles. The molecule has 1 nitrogen and oxygen atoms in total. The minimum absolute atomic E-state index is 0.466. The van der Waals surface area contributed by atoms with E-state index in [0.29, 0.717) is 0 Å². The molecule has 0 saturated carbocycles. The zero-order chi connectivity index (χ0) is 10.8. The highest BCUT2D eigenvalue weighted by Crippen LogP contribution is 2.27. The number of hydrogen-bond donors (Lipinski definition) is 0. The highest BCUT2D eigenvalue weighted by Gasteiger charge is 2.32. The van der Waals surface area contributed by atoms with Crippen molar-refractivity contribution in [3.05, 3.63) is 29.6 Å². The Hall–Kier alpha value is -1.33. The van der Waals surface area contributed by atoms with Gasteiger partial charge in [0.2, 0.25) is 0 Å². The summed E-state index contributed by atoms with van der Waals surface area (Å²) < 4.78 is 63.3. The molecule has 0 radical (unpaired) electrons. The van der Waals surface area contributed by atoms with Crippen LogP contribution in [0, 0.1) is 5.82 Å². The van der Waals surface area contributed by atoms with Crippen molar-refractivity contribution in [3.8, 4) is 5.75 Å². The second-order valence-electron chi connectivity index (χ2n) is 2.41. The quantitative estimate of drug-likeness (QED) is 0.684. The van der Waals surface area contributed by atoms with E-state index >= 15 is 0 Å². The van der Waals surface area contributed by atoms with Crippen LogP contribution in [0.25, 0.3) is 0 Å². The fraction of sp³-hybridized carbons (Fsp3) is 0.250. The first-order valence-electron chi connectivity index (χ1n) is 3.53. The Morgan fingerprint density at radius 2 is 1.86 bits per heavy atom. The number of halogens is 5. The highest BCUT2D eigenvalue weighted by molar-refractivity contribution is 5.30. The molecule has 0 fully saturated rings. The molecule has 0 unspecified atom stereocenters. The number of benzene rings is 1. The van der Waals surface area contributed by atoms with Crippen LogP contribution in [0.15, 0.2) is 18.2 Å². The van der Waals surface area contributed by atoms with E-state index in [1.807, 2.05) is 0 Å². The Labute approximate surface area is 76.1 Å². The fourth-order valence-electron chi connectivity index (χ4n) is 0.863. The minimum atomic E-state index is -4.98. The predicted molar refractivity (Wildman–Crippen MR) is 37.9 cm³/mol. The number of hydrogen-bond acceptors (Lipinski definition) is 1. The molecule has 0 aliphatic rings. The normalized spacial score (nSPS) is 11.5. The average molecular weight is 212 g/mol. The Balaban J connectivity index is 2.98. The second kappa shape index (κ2) is 3.81. The van der Waals surface area contributed by atoms with Gasteiger partial charge in [-0.15, -0.1) is 13.2 Å². The lowest BCUT2D eigenvalue weighted by molar-refractivity contribution is -0.275. The Morgan fingerprint density at radius 1 is 1.21 bits per heavy atom. The molecular weight excluding hydrogens is 207 g/mol. The van der Waals surface area contributed by atoms with Crippen LogP contribution < -0.4 is 4.74 Å². The van der Waals surface area contributed by atoms with Gasteiger partial charge in [0.1, 0.15) is 6.67 Å². The maximum absolute atomic E-state index is 12.9. The summed E-state index contributed by atoms with van der Waals surface area (Å²) in [6.45, 7) is -1.18. The predicted octanol–water partition coefficient (Wildman–Crippen LogP) is 3.19. The average Bonchev–Trinajstić information content (AvgIpc) is 2.06. The summed E-state index contributed by atoms with van der Waals surface area (Å²) in [7, 11) is 0. The van der Waals surface area contributed by atoms with Gasteiger partial charge in [-0.3, -0.25) is 0 Å². The summed E-state index contributed by atoms with van der Waals surface area (Å²) in [4.78, 5) is 0. The summed E-state index contributed by atoms with van der Waals surface area (Å²) in [5.74, 6) is -2.35. The van der Waals surface area contributed by atoms with Crippen molar-refractivity contribution in [1.82, 2.24) is 0 Å². The van der Waals surface area contributed by atoms with E-state index in [9.17, 15) is 22.0 Å². The Kier molecular flexibility index (Phi) is 2.93. The Bertz CT molecular complexity index is 320. The lowest BCUT2D eigenvalue weighted by atomic mass is 10.2. The molecule has 1 rings (SSSR count). The first-order chi connectivity index (χ1) is 6.44. The summed E-state index contributed by atoms with van der Waals surface area (Å²) >= 11 is 0. The van der Waals surface area contributed by atoms with E-state index in [1.165, 1.54) is 0 Å². The van der Waals surface area contributed by atoms with Gasteiger partial charge < -0.3 is 4.74 Å². The molecule has 78 valence electrons.